The van der Waals surface area contributed by atoms with Gasteiger partial charge in [0.25, 0.3) is 0 Å². The van der Waals surface area contributed by atoms with E-state index < -0.39 is 11.4 Å². The van der Waals surface area contributed by atoms with Gasteiger partial charge in [0.15, 0.2) is 0 Å². The normalized spacial score (nSPS) is 22.0. The Bertz CT molecular complexity index is 882. The van der Waals surface area contributed by atoms with Crippen LogP contribution in [0.4, 0.5) is 10.1 Å². The molecule has 1 heterocycles. The van der Waals surface area contributed by atoms with Crippen molar-refractivity contribution in [1.82, 2.24) is 0 Å². The number of amidine groups is 1. The second-order valence-electron chi connectivity index (χ2n) is 5.92. The van der Waals surface area contributed by atoms with E-state index in [2.05, 4.69) is 10.2 Å². The minimum absolute atomic E-state index is 0.0268. The van der Waals surface area contributed by atoms with E-state index in [1.807, 2.05) is 0 Å². The van der Waals surface area contributed by atoms with Crippen LogP contribution in [0.3, 0.4) is 0 Å². The zero-order valence-corrected chi connectivity index (χ0v) is 13.3. The molecule has 5 nitrogen and oxygen atoms in total. The number of nitroso groups, excluding NO2 is 1. The number of nitrogens with two attached hydrogens (primary N) is 1. The Morgan fingerprint density at radius 2 is 2.04 bits per heavy atom. The minimum Gasteiger partial charge on any atom is -0.490 e. The molecule has 1 atom stereocenters. The molecule has 0 aromatic heterocycles. The van der Waals surface area contributed by atoms with E-state index in [1.165, 1.54) is 18.2 Å². The lowest BCUT2D eigenvalue weighted by molar-refractivity contribution is 0.297. The van der Waals surface area contributed by atoms with E-state index in [4.69, 9.17) is 22.1 Å². The topological polar surface area (TPSA) is 77.0 Å². The zero-order chi connectivity index (χ0) is 16.9. The van der Waals surface area contributed by atoms with Gasteiger partial charge >= 0.3 is 0 Å². The molecule has 1 saturated carbocycles. The highest BCUT2D eigenvalue weighted by molar-refractivity contribution is 6.30. The number of halogens is 2. The van der Waals surface area contributed by atoms with Gasteiger partial charge in [-0.05, 0) is 54.4 Å². The number of aliphatic imine (C=N–C) groups is 1. The van der Waals surface area contributed by atoms with Gasteiger partial charge in [-0.2, -0.15) is 0 Å². The summed E-state index contributed by atoms with van der Waals surface area (Å²) in [5.74, 6) is -0.162. The van der Waals surface area contributed by atoms with Gasteiger partial charge in [0.2, 0.25) is 5.54 Å². The molecule has 24 heavy (non-hydrogen) atoms. The third kappa shape index (κ3) is 2.17. The van der Waals surface area contributed by atoms with Gasteiger partial charge in [-0.1, -0.05) is 11.6 Å². The van der Waals surface area contributed by atoms with Gasteiger partial charge in [-0.3, -0.25) is 0 Å². The van der Waals surface area contributed by atoms with Crippen molar-refractivity contribution < 1.29 is 9.13 Å². The molecule has 0 bridgehead atoms. The fourth-order valence-electron chi connectivity index (χ4n) is 2.93. The summed E-state index contributed by atoms with van der Waals surface area (Å²) in [5.41, 5.74) is 5.56. The van der Waals surface area contributed by atoms with Gasteiger partial charge in [0, 0.05) is 16.1 Å². The number of fused-ring (bicyclic) bond motifs is 1. The Hall–Kier alpha value is -2.47. The molecule has 7 heteroatoms. The Kier molecular flexibility index (Phi) is 3.31. The van der Waals surface area contributed by atoms with Crippen molar-refractivity contribution in [3.8, 4) is 5.75 Å². The van der Waals surface area contributed by atoms with E-state index in [-0.39, 0.29) is 17.5 Å². The average Bonchev–Trinajstić information content (AvgIpc) is 3.32. The van der Waals surface area contributed by atoms with Crippen LogP contribution in [0, 0.1) is 10.7 Å². The molecule has 1 aliphatic carbocycles. The molecular formula is C17H13ClFN3O2. The summed E-state index contributed by atoms with van der Waals surface area (Å²) in [6.45, 7) is 0. The molecule has 2 N–H and O–H groups in total. The molecule has 2 aliphatic rings. The Morgan fingerprint density at radius 1 is 1.25 bits per heavy atom. The van der Waals surface area contributed by atoms with E-state index in [0.717, 1.165) is 12.8 Å². The predicted molar refractivity (Wildman–Crippen MR) is 89.4 cm³/mol. The average molecular weight is 346 g/mol. The quantitative estimate of drug-likeness (QED) is 0.850. The molecule has 1 unspecified atom stereocenters. The Balaban J connectivity index is 1.97. The zero-order valence-electron chi connectivity index (χ0n) is 12.5. The monoisotopic (exact) mass is 345 g/mol. The molecule has 4 rings (SSSR count). The van der Waals surface area contributed by atoms with Crippen molar-refractivity contribution in [1.29, 1.82) is 0 Å². The highest BCUT2D eigenvalue weighted by Crippen LogP contribution is 2.49. The van der Waals surface area contributed by atoms with Gasteiger partial charge in [-0.15, -0.1) is 4.91 Å². The summed E-state index contributed by atoms with van der Waals surface area (Å²) in [7, 11) is 0. The van der Waals surface area contributed by atoms with E-state index in [0.29, 0.717) is 22.0 Å². The first-order valence-electron chi connectivity index (χ1n) is 7.50. The van der Waals surface area contributed by atoms with Gasteiger partial charge < -0.3 is 10.5 Å². The molecule has 0 spiro atoms. The lowest BCUT2D eigenvalue weighted by Gasteiger charge is -2.25. The van der Waals surface area contributed by atoms with Crippen LogP contribution in [0.2, 0.25) is 5.02 Å². The number of rotatable bonds is 4. The van der Waals surface area contributed by atoms with Crippen LogP contribution in [0.25, 0.3) is 0 Å². The fourth-order valence-corrected chi connectivity index (χ4v) is 3.10. The summed E-state index contributed by atoms with van der Waals surface area (Å²) >= 11 is 6.07. The highest BCUT2D eigenvalue weighted by Gasteiger charge is 2.49. The lowest BCUT2D eigenvalue weighted by Crippen LogP contribution is -2.38. The number of benzene rings is 2. The molecule has 2 aromatic rings. The van der Waals surface area contributed by atoms with Crippen molar-refractivity contribution in [2.75, 3.05) is 0 Å². The lowest BCUT2D eigenvalue weighted by atomic mass is 9.83. The van der Waals surface area contributed by atoms with Crippen LogP contribution in [-0.4, -0.2) is 11.9 Å². The Morgan fingerprint density at radius 3 is 2.75 bits per heavy atom. The Labute approximate surface area is 142 Å². The van der Waals surface area contributed by atoms with Crippen molar-refractivity contribution in [3.63, 3.8) is 0 Å². The smallest absolute Gasteiger partial charge is 0.215 e. The van der Waals surface area contributed by atoms with Gasteiger partial charge in [-0.25, -0.2) is 9.38 Å². The molecular weight excluding hydrogens is 333 g/mol. The summed E-state index contributed by atoms with van der Waals surface area (Å²) in [5, 5.41) is 3.68. The maximum Gasteiger partial charge on any atom is 0.215 e. The molecule has 1 aliphatic heterocycles. The summed E-state index contributed by atoms with van der Waals surface area (Å²) in [6, 6.07) is 8.86. The van der Waals surface area contributed by atoms with Crippen LogP contribution in [-0.2, 0) is 5.54 Å². The fraction of sp³-hybridized carbons (Fsp3) is 0.235. The summed E-state index contributed by atoms with van der Waals surface area (Å²) in [4.78, 5) is 16.2. The second kappa shape index (κ2) is 5.27. The first-order valence-corrected chi connectivity index (χ1v) is 7.88. The van der Waals surface area contributed by atoms with Crippen molar-refractivity contribution in [2.45, 2.75) is 24.5 Å². The second-order valence-corrected chi connectivity index (χ2v) is 6.35. The van der Waals surface area contributed by atoms with Crippen LogP contribution >= 0.6 is 11.6 Å². The maximum atomic E-state index is 13.9. The first kappa shape index (κ1) is 15.1. The van der Waals surface area contributed by atoms with Crippen molar-refractivity contribution in [3.05, 3.63) is 63.3 Å². The number of hydrogen-bond donors (Lipinski definition) is 1. The van der Waals surface area contributed by atoms with Gasteiger partial charge in [0.1, 0.15) is 17.4 Å². The van der Waals surface area contributed by atoms with Gasteiger partial charge in [0.05, 0.1) is 11.8 Å². The largest absolute Gasteiger partial charge is 0.490 e. The maximum absolute atomic E-state index is 13.9. The van der Waals surface area contributed by atoms with Crippen LogP contribution < -0.4 is 10.5 Å². The molecule has 0 amide bonds. The predicted octanol–water partition coefficient (Wildman–Crippen LogP) is 4.03. The number of nitrogens with zero attached hydrogens (tertiary/aromatic N) is 2. The molecule has 0 radical (unpaired) electrons. The highest BCUT2D eigenvalue weighted by atomic mass is 35.5. The molecule has 1 fully saturated rings. The molecule has 122 valence electrons. The van der Waals surface area contributed by atoms with Crippen LogP contribution in [0.5, 0.6) is 5.75 Å². The van der Waals surface area contributed by atoms with E-state index >= 15 is 0 Å². The SMILES string of the molecule is NC1=Nc2ccc(Cl)cc2C1(N=O)c1cc(F)ccc1OC1CC1. The van der Waals surface area contributed by atoms with Crippen LogP contribution in [0.1, 0.15) is 24.0 Å². The minimum atomic E-state index is -1.65. The molecule has 0 saturated heterocycles. The standard InChI is InChI=1S/C17H13ClFN3O2/c18-9-1-5-14-12(7-9)17(22-23,16(20)21-14)13-8-10(19)2-6-15(13)24-11-3-4-11/h1-2,5-8,11H,3-4H2,(H2,20,21). The summed E-state index contributed by atoms with van der Waals surface area (Å²) < 4.78 is 19.8. The number of hydrogen-bond acceptors (Lipinski definition) is 5. The third-order valence-electron chi connectivity index (χ3n) is 4.25. The van der Waals surface area contributed by atoms with Crippen molar-refractivity contribution >= 4 is 23.1 Å². The van der Waals surface area contributed by atoms with Crippen molar-refractivity contribution in [2.24, 2.45) is 15.9 Å². The molecule has 2 aromatic carbocycles. The summed E-state index contributed by atoms with van der Waals surface area (Å²) in [6.07, 6.45) is 1.91. The first-order chi connectivity index (χ1) is 11.5. The van der Waals surface area contributed by atoms with Crippen LogP contribution in [0.15, 0.2) is 46.6 Å². The number of ether oxygens (including phenoxy) is 1. The van der Waals surface area contributed by atoms with E-state index in [9.17, 15) is 9.30 Å². The van der Waals surface area contributed by atoms with E-state index in [1.54, 1.807) is 18.2 Å². The third-order valence-corrected chi connectivity index (χ3v) is 4.48.